The van der Waals surface area contributed by atoms with E-state index in [0.717, 1.165) is 11.5 Å². The predicted molar refractivity (Wildman–Crippen MR) is 69.9 cm³/mol. The Kier molecular flexibility index (Phi) is 2.53. The highest BCUT2D eigenvalue weighted by atomic mass is 15.1. The summed E-state index contributed by atoms with van der Waals surface area (Å²) in [6.45, 7) is 0.583. The van der Waals surface area contributed by atoms with Gasteiger partial charge in [-0.2, -0.15) is 0 Å². The van der Waals surface area contributed by atoms with Crippen molar-refractivity contribution in [2.45, 2.75) is 6.54 Å². The molecule has 0 radical (unpaired) electrons. The zero-order chi connectivity index (χ0) is 12.4. The zero-order valence-corrected chi connectivity index (χ0v) is 9.59. The van der Waals surface area contributed by atoms with E-state index in [-0.39, 0.29) is 0 Å². The van der Waals surface area contributed by atoms with Crippen molar-refractivity contribution in [3.63, 3.8) is 0 Å². The van der Waals surface area contributed by atoms with Crippen molar-refractivity contribution in [2.24, 2.45) is 0 Å². The van der Waals surface area contributed by atoms with Crippen LogP contribution in [0.5, 0.6) is 0 Å². The number of nitrogens with two attached hydrogens (primary N) is 1. The average Bonchev–Trinajstić information content (AvgIpc) is 2.82. The lowest BCUT2D eigenvalue weighted by Crippen LogP contribution is -2.00. The number of nitrogen functional groups attached to an aromatic ring is 1. The van der Waals surface area contributed by atoms with E-state index in [9.17, 15) is 0 Å². The first-order chi connectivity index (χ1) is 8.83. The number of nitrogens with one attached hydrogen (secondary N) is 2. The standard InChI is InChI=1S/C12H12N6/c13-11-10-12(16-7-15-11)18-9(17-10)6-14-8-4-2-1-3-5-8/h1-5,7,14H,6H2,(H3,13,15,16,17,18). The van der Waals surface area contributed by atoms with Gasteiger partial charge in [-0.25, -0.2) is 15.0 Å². The molecule has 0 bridgehead atoms. The number of rotatable bonds is 3. The van der Waals surface area contributed by atoms with Gasteiger partial charge in [-0.1, -0.05) is 18.2 Å². The van der Waals surface area contributed by atoms with E-state index >= 15 is 0 Å². The number of hydrogen-bond donors (Lipinski definition) is 3. The van der Waals surface area contributed by atoms with Gasteiger partial charge >= 0.3 is 0 Å². The summed E-state index contributed by atoms with van der Waals surface area (Å²) < 4.78 is 0. The first-order valence-electron chi connectivity index (χ1n) is 5.57. The fourth-order valence-electron chi connectivity index (χ4n) is 1.72. The summed E-state index contributed by atoms with van der Waals surface area (Å²) in [7, 11) is 0. The SMILES string of the molecule is Nc1ncnc2nc(CNc3ccccc3)[nH]c12. The number of imidazole rings is 1. The number of hydrogen-bond acceptors (Lipinski definition) is 5. The van der Waals surface area contributed by atoms with Crippen LogP contribution in [-0.2, 0) is 6.54 Å². The topological polar surface area (TPSA) is 92.5 Å². The smallest absolute Gasteiger partial charge is 0.183 e. The highest BCUT2D eigenvalue weighted by Crippen LogP contribution is 2.14. The van der Waals surface area contributed by atoms with Gasteiger partial charge in [0, 0.05) is 5.69 Å². The summed E-state index contributed by atoms with van der Waals surface area (Å²) in [4.78, 5) is 15.4. The molecular weight excluding hydrogens is 228 g/mol. The molecule has 0 saturated heterocycles. The van der Waals surface area contributed by atoms with Crippen LogP contribution >= 0.6 is 0 Å². The minimum absolute atomic E-state index is 0.415. The summed E-state index contributed by atoms with van der Waals surface area (Å²) in [6, 6.07) is 9.92. The Morgan fingerprint density at radius 3 is 2.78 bits per heavy atom. The quantitative estimate of drug-likeness (QED) is 0.646. The molecule has 1 aromatic carbocycles. The molecule has 90 valence electrons. The summed E-state index contributed by atoms with van der Waals surface area (Å²) >= 11 is 0. The maximum atomic E-state index is 5.73. The van der Waals surface area contributed by atoms with Gasteiger partial charge in [0.15, 0.2) is 11.5 Å². The average molecular weight is 240 g/mol. The lowest BCUT2D eigenvalue weighted by molar-refractivity contribution is 1.01. The van der Waals surface area contributed by atoms with E-state index < -0.39 is 0 Å². The Labute approximate surface area is 103 Å². The number of aromatic amines is 1. The van der Waals surface area contributed by atoms with Crippen LogP contribution in [0.15, 0.2) is 36.7 Å². The number of H-pyrrole nitrogens is 1. The van der Waals surface area contributed by atoms with Crippen LogP contribution in [0, 0.1) is 0 Å². The Morgan fingerprint density at radius 2 is 2.00 bits per heavy atom. The van der Waals surface area contributed by atoms with E-state index in [1.54, 1.807) is 0 Å². The Bertz CT molecular complexity index is 661. The molecule has 3 aromatic rings. The number of nitrogens with zero attached hydrogens (tertiary/aromatic N) is 3. The van der Waals surface area contributed by atoms with Crippen molar-refractivity contribution in [1.29, 1.82) is 0 Å². The van der Waals surface area contributed by atoms with E-state index in [1.807, 2.05) is 30.3 Å². The second kappa shape index (κ2) is 4.33. The van der Waals surface area contributed by atoms with E-state index in [2.05, 4.69) is 25.3 Å². The molecule has 2 aromatic heterocycles. The normalized spacial score (nSPS) is 10.7. The largest absolute Gasteiger partial charge is 0.382 e. The Morgan fingerprint density at radius 1 is 1.17 bits per heavy atom. The van der Waals surface area contributed by atoms with Crippen LogP contribution < -0.4 is 11.1 Å². The minimum atomic E-state index is 0.415. The molecule has 6 nitrogen and oxygen atoms in total. The van der Waals surface area contributed by atoms with Gasteiger partial charge in [0.25, 0.3) is 0 Å². The van der Waals surface area contributed by atoms with Crippen molar-refractivity contribution in [1.82, 2.24) is 19.9 Å². The summed E-state index contributed by atoms with van der Waals surface area (Å²) in [5.74, 6) is 1.19. The number of anilines is 2. The van der Waals surface area contributed by atoms with E-state index in [0.29, 0.717) is 23.5 Å². The Balaban J connectivity index is 1.81. The monoisotopic (exact) mass is 240 g/mol. The van der Waals surface area contributed by atoms with Crippen molar-refractivity contribution < 1.29 is 0 Å². The molecule has 0 aliphatic heterocycles. The van der Waals surface area contributed by atoms with Crippen LogP contribution in [0.3, 0.4) is 0 Å². The lowest BCUT2D eigenvalue weighted by Gasteiger charge is -2.02. The maximum absolute atomic E-state index is 5.73. The van der Waals surface area contributed by atoms with Crippen molar-refractivity contribution in [3.05, 3.63) is 42.5 Å². The molecule has 4 N–H and O–H groups in total. The molecular formula is C12H12N6. The van der Waals surface area contributed by atoms with Crippen molar-refractivity contribution >= 4 is 22.7 Å². The lowest BCUT2D eigenvalue weighted by atomic mass is 10.3. The molecule has 0 amide bonds. The molecule has 3 rings (SSSR count). The summed E-state index contributed by atoms with van der Waals surface area (Å²) in [6.07, 6.45) is 1.41. The van der Waals surface area contributed by atoms with E-state index in [1.165, 1.54) is 6.33 Å². The van der Waals surface area contributed by atoms with Gasteiger partial charge in [0.2, 0.25) is 0 Å². The molecule has 0 atom stereocenters. The van der Waals surface area contributed by atoms with Gasteiger partial charge in [0.05, 0.1) is 6.54 Å². The molecule has 6 heteroatoms. The second-order valence-corrected chi connectivity index (χ2v) is 3.86. The fourth-order valence-corrected chi connectivity index (χ4v) is 1.72. The molecule has 0 aliphatic rings. The number of aromatic nitrogens is 4. The zero-order valence-electron chi connectivity index (χ0n) is 9.59. The van der Waals surface area contributed by atoms with Crippen LogP contribution in [-0.4, -0.2) is 19.9 Å². The number of fused-ring (bicyclic) bond motifs is 1. The molecule has 18 heavy (non-hydrogen) atoms. The van der Waals surface area contributed by atoms with Crippen molar-refractivity contribution in [3.8, 4) is 0 Å². The molecule has 2 heterocycles. The number of benzene rings is 1. The van der Waals surface area contributed by atoms with Gasteiger partial charge in [0.1, 0.15) is 17.7 Å². The van der Waals surface area contributed by atoms with Crippen LogP contribution in [0.25, 0.3) is 11.2 Å². The highest BCUT2D eigenvalue weighted by Gasteiger charge is 2.06. The third-order valence-corrected chi connectivity index (χ3v) is 2.60. The molecule has 0 spiro atoms. The maximum Gasteiger partial charge on any atom is 0.183 e. The van der Waals surface area contributed by atoms with E-state index in [4.69, 9.17) is 5.73 Å². The Hall–Kier alpha value is -2.63. The number of para-hydroxylation sites is 1. The van der Waals surface area contributed by atoms with Gasteiger partial charge in [-0.05, 0) is 12.1 Å². The molecule has 0 fully saturated rings. The third kappa shape index (κ3) is 1.95. The summed E-state index contributed by atoms with van der Waals surface area (Å²) in [5.41, 5.74) is 8.05. The minimum Gasteiger partial charge on any atom is -0.382 e. The van der Waals surface area contributed by atoms with Gasteiger partial charge in [-0.3, -0.25) is 0 Å². The van der Waals surface area contributed by atoms with Crippen LogP contribution in [0.4, 0.5) is 11.5 Å². The van der Waals surface area contributed by atoms with Crippen LogP contribution in [0.1, 0.15) is 5.82 Å². The third-order valence-electron chi connectivity index (χ3n) is 2.60. The first-order valence-corrected chi connectivity index (χ1v) is 5.57. The molecule has 0 aliphatic carbocycles. The first kappa shape index (κ1) is 10.5. The van der Waals surface area contributed by atoms with Gasteiger partial charge < -0.3 is 16.0 Å². The fraction of sp³-hybridized carbons (Fsp3) is 0.0833. The molecule has 0 unspecified atom stereocenters. The van der Waals surface area contributed by atoms with Crippen molar-refractivity contribution in [2.75, 3.05) is 11.1 Å². The van der Waals surface area contributed by atoms with Gasteiger partial charge in [-0.15, -0.1) is 0 Å². The summed E-state index contributed by atoms with van der Waals surface area (Å²) in [5, 5.41) is 3.26. The van der Waals surface area contributed by atoms with Crippen LogP contribution in [0.2, 0.25) is 0 Å². The second-order valence-electron chi connectivity index (χ2n) is 3.86. The molecule has 0 saturated carbocycles. The predicted octanol–water partition coefficient (Wildman–Crippen LogP) is 1.55. The highest BCUT2D eigenvalue weighted by molar-refractivity contribution is 5.81.